The fourth-order valence-corrected chi connectivity index (χ4v) is 2.75. The number of carbonyl (C=O) groups excluding carboxylic acids is 2. The van der Waals surface area contributed by atoms with Gasteiger partial charge >= 0.3 is 11.9 Å². The van der Waals surface area contributed by atoms with Crippen molar-refractivity contribution in [3.63, 3.8) is 0 Å². The van der Waals surface area contributed by atoms with Gasteiger partial charge in [0.2, 0.25) is 0 Å². The molecule has 0 spiro atoms. The second-order valence-electron chi connectivity index (χ2n) is 6.53. The first-order chi connectivity index (χ1) is 15.6. The normalized spacial score (nSPS) is 10.4. The zero-order chi connectivity index (χ0) is 22.8. The van der Waals surface area contributed by atoms with Gasteiger partial charge in [0, 0.05) is 7.05 Å². The molecule has 0 radical (unpaired) electrons. The fraction of sp³-hybridized carbons (Fsp3) is 0.120. The maximum Gasteiger partial charge on any atom is 0.349 e. The Labute approximate surface area is 185 Å². The van der Waals surface area contributed by atoms with E-state index < -0.39 is 11.9 Å². The molecular formula is C25H20N2O5. The summed E-state index contributed by atoms with van der Waals surface area (Å²) >= 11 is 0. The number of nitrogens with zero attached hydrogens (tertiary/aromatic N) is 2. The van der Waals surface area contributed by atoms with Crippen molar-refractivity contribution >= 4 is 18.2 Å². The largest absolute Gasteiger partial charge is 0.490 e. The SMILES string of the molecule is C/N=C/C(=O)OCCOc1ccc(C(=O)Oc2ccc(-c3ccc(C#N)cc3)cc2)cc1. The molecule has 32 heavy (non-hydrogen) atoms. The van der Waals surface area contributed by atoms with Crippen molar-refractivity contribution < 1.29 is 23.8 Å². The zero-order valence-electron chi connectivity index (χ0n) is 17.4. The van der Waals surface area contributed by atoms with Crippen LogP contribution in [0.4, 0.5) is 0 Å². The molecule has 0 saturated heterocycles. The van der Waals surface area contributed by atoms with Crippen molar-refractivity contribution in [3.05, 3.63) is 83.9 Å². The number of ether oxygens (including phenoxy) is 3. The van der Waals surface area contributed by atoms with Crippen LogP contribution in [0.1, 0.15) is 15.9 Å². The molecule has 0 atom stereocenters. The van der Waals surface area contributed by atoms with E-state index in [0.717, 1.165) is 17.3 Å². The molecule has 0 aliphatic carbocycles. The molecule has 0 heterocycles. The van der Waals surface area contributed by atoms with Gasteiger partial charge in [-0.05, 0) is 59.7 Å². The van der Waals surface area contributed by atoms with Crippen molar-refractivity contribution in [2.75, 3.05) is 20.3 Å². The molecular weight excluding hydrogens is 408 g/mol. The molecule has 7 heteroatoms. The molecule has 0 bridgehead atoms. The molecule has 160 valence electrons. The van der Waals surface area contributed by atoms with E-state index >= 15 is 0 Å². The molecule has 3 aromatic rings. The summed E-state index contributed by atoms with van der Waals surface area (Å²) < 4.78 is 15.8. The number of hydrogen-bond acceptors (Lipinski definition) is 7. The third-order valence-corrected chi connectivity index (χ3v) is 4.33. The van der Waals surface area contributed by atoms with E-state index in [1.54, 1.807) is 48.5 Å². The van der Waals surface area contributed by atoms with Gasteiger partial charge in [-0.3, -0.25) is 4.99 Å². The lowest BCUT2D eigenvalue weighted by Gasteiger charge is -2.08. The van der Waals surface area contributed by atoms with E-state index in [2.05, 4.69) is 11.1 Å². The Morgan fingerprint density at radius 2 is 1.47 bits per heavy atom. The van der Waals surface area contributed by atoms with Gasteiger partial charge in [-0.25, -0.2) is 9.59 Å². The summed E-state index contributed by atoms with van der Waals surface area (Å²) in [5.74, 6) is -0.0618. The van der Waals surface area contributed by atoms with Gasteiger partial charge in [0.05, 0.1) is 17.2 Å². The van der Waals surface area contributed by atoms with Crippen molar-refractivity contribution in [2.45, 2.75) is 0 Å². The summed E-state index contributed by atoms with van der Waals surface area (Å²) in [4.78, 5) is 27.1. The van der Waals surface area contributed by atoms with E-state index in [-0.39, 0.29) is 13.2 Å². The summed E-state index contributed by atoms with van der Waals surface area (Å²) in [7, 11) is 1.48. The Kier molecular flexibility index (Phi) is 7.71. The number of esters is 2. The van der Waals surface area contributed by atoms with Crippen LogP contribution >= 0.6 is 0 Å². The number of benzene rings is 3. The average molecular weight is 428 g/mol. The predicted octanol–water partition coefficient (Wildman–Crippen LogP) is 4.07. The lowest BCUT2D eigenvalue weighted by atomic mass is 10.0. The minimum Gasteiger partial charge on any atom is -0.490 e. The van der Waals surface area contributed by atoms with Crippen LogP contribution in [-0.4, -0.2) is 38.4 Å². The van der Waals surface area contributed by atoms with E-state index in [0.29, 0.717) is 22.6 Å². The third kappa shape index (κ3) is 6.28. The van der Waals surface area contributed by atoms with Gasteiger partial charge in [-0.1, -0.05) is 24.3 Å². The molecule has 0 aromatic heterocycles. The van der Waals surface area contributed by atoms with Crippen molar-refractivity contribution in [2.24, 2.45) is 4.99 Å². The first-order valence-corrected chi connectivity index (χ1v) is 9.73. The van der Waals surface area contributed by atoms with Crippen LogP contribution in [0.3, 0.4) is 0 Å². The number of nitriles is 1. The van der Waals surface area contributed by atoms with Gasteiger partial charge in [0.15, 0.2) is 0 Å². The Morgan fingerprint density at radius 3 is 2.06 bits per heavy atom. The van der Waals surface area contributed by atoms with Crippen LogP contribution in [0.25, 0.3) is 11.1 Å². The van der Waals surface area contributed by atoms with E-state index in [1.807, 2.05) is 24.3 Å². The van der Waals surface area contributed by atoms with E-state index in [4.69, 9.17) is 19.5 Å². The fourth-order valence-electron chi connectivity index (χ4n) is 2.75. The second-order valence-corrected chi connectivity index (χ2v) is 6.53. The smallest absolute Gasteiger partial charge is 0.349 e. The number of aliphatic imine (C=N–C) groups is 1. The highest BCUT2D eigenvalue weighted by Gasteiger charge is 2.09. The van der Waals surface area contributed by atoms with Gasteiger partial charge < -0.3 is 14.2 Å². The maximum absolute atomic E-state index is 12.4. The first-order valence-electron chi connectivity index (χ1n) is 9.73. The lowest BCUT2D eigenvalue weighted by Crippen LogP contribution is -2.13. The summed E-state index contributed by atoms with van der Waals surface area (Å²) in [6.45, 7) is 0.270. The molecule has 0 saturated carbocycles. The molecule has 0 aliphatic rings. The maximum atomic E-state index is 12.4. The molecule has 0 fully saturated rings. The number of hydrogen-bond donors (Lipinski definition) is 0. The van der Waals surface area contributed by atoms with Gasteiger partial charge in [0.25, 0.3) is 0 Å². The standard InChI is InChI=1S/C25H20N2O5/c1-27-17-24(28)31-15-14-30-22-10-8-21(9-11-22)25(29)32-23-12-6-20(7-13-23)19-4-2-18(16-26)3-5-19/h2-13,17H,14-15H2,1H3/b27-17+. The molecule has 7 nitrogen and oxygen atoms in total. The number of rotatable bonds is 8. The average Bonchev–Trinajstić information content (AvgIpc) is 2.83. The highest BCUT2D eigenvalue weighted by atomic mass is 16.6. The van der Waals surface area contributed by atoms with Gasteiger partial charge in [-0.15, -0.1) is 0 Å². The predicted molar refractivity (Wildman–Crippen MR) is 119 cm³/mol. The topological polar surface area (TPSA) is 98.0 Å². The first kappa shape index (κ1) is 22.2. The van der Waals surface area contributed by atoms with Gasteiger partial charge in [0.1, 0.15) is 30.9 Å². The van der Waals surface area contributed by atoms with Gasteiger partial charge in [-0.2, -0.15) is 5.26 Å². The summed E-state index contributed by atoms with van der Waals surface area (Å²) in [5, 5.41) is 8.89. The molecule has 0 amide bonds. The third-order valence-electron chi connectivity index (χ3n) is 4.33. The number of carbonyl (C=O) groups is 2. The van der Waals surface area contributed by atoms with Crippen LogP contribution in [-0.2, 0) is 9.53 Å². The quantitative estimate of drug-likeness (QED) is 0.232. The molecule has 0 unspecified atom stereocenters. The van der Waals surface area contributed by atoms with Crippen molar-refractivity contribution in [1.82, 2.24) is 0 Å². The Morgan fingerprint density at radius 1 is 0.875 bits per heavy atom. The Balaban J connectivity index is 1.51. The molecule has 3 rings (SSSR count). The zero-order valence-corrected chi connectivity index (χ0v) is 17.4. The lowest BCUT2D eigenvalue weighted by molar-refractivity contribution is -0.135. The Bertz CT molecular complexity index is 1130. The van der Waals surface area contributed by atoms with Crippen LogP contribution in [0.2, 0.25) is 0 Å². The van der Waals surface area contributed by atoms with Crippen LogP contribution in [0.5, 0.6) is 11.5 Å². The monoisotopic (exact) mass is 428 g/mol. The molecule has 3 aromatic carbocycles. The van der Waals surface area contributed by atoms with E-state index in [9.17, 15) is 9.59 Å². The Hall–Kier alpha value is -4.44. The highest BCUT2D eigenvalue weighted by molar-refractivity contribution is 6.23. The highest BCUT2D eigenvalue weighted by Crippen LogP contribution is 2.23. The summed E-state index contributed by atoms with van der Waals surface area (Å²) in [5.41, 5.74) is 2.88. The molecule has 0 aliphatic heterocycles. The molecule has 0 N–H and O–H groups in total. The summed E-state index contributed by atoms with van der Waals surface area (Å²) in [6, 6.07) is 22.9. The van der Waals surface area contributed by atoms with Crippen molar-refractivity contribution in [3.8, 4) is 28.7 Å². The summed E-state index contributed by atoms with van der Waals surface area (Å²) in [6.07, 6.45) is 1.08. The van der Waals surface area contributed by atoms with Crippen LogP contribution in [0.15, 0.2) is 77.8 Å². The van der Waals surface area contributed by atoms with Crippen molar-refractivity contribution in [1.29, 1.82) is 5.26 Å². The minimum atomic E-state index is -0.529. The second kappa shape index (κ2) is 11.1. The van der Waals surface area contributed by atoms with Crippen LogP contribution in [0, 0.1) is 11.3 Å². The minimum absolute atomic E-state index is 0.0904. The van der Waals surface area contributed by atoms with Crippen LogP contribution < -0.4 is 9.47 Å². The van der Waals surface area contributed by atoms with E-state index in [1.165, 1.54) is 7.05 Å².